The molecule has 0 aromatic carbocycles. The van der Waals surface area contributed by atoms with E-state index in [0.717, 1.165) is 17.7 Å². The molecule has 1 aromatic heterocycles. The minimum atomic E-state index is -0.963. The number of carbonyl (C=O) groups is 2. The van der Waals surface area contributed by atoms with Crippen LogP contribution in [0.15, 0.2) is 17.5 Å². The number of aliphatic carboxylic acids is 1. The first-order chi connectivity index (χ1) is 8.56. The van der Waals surface area contributed by atoms with Gasteiger partial charge in [0.2, 0.25) is 5.91 Å². The van der Waals surface area contributed by atoms with Crippen LogP contribution in [0, 0.1) is 0 Å². The van der Waals surface area contributed by atoms with Crippen molar-refractivity contribution in [2.75, 3.05) is 0 Å². The molecule has 5 heteroatoms. The summed E-state index contributed by atoms with van der Waals surface area (Å²) in [7, 11) is 0. The number of hydrogen-bond donors (Lipinski definition) is 2. The van der Waals surface area contributed by atoms with Gasteiger partial charge in [0.25, 0.3) is 0 Å². The standard InChI is InChI=1S/C13H19NO3S/c1-3-4-6-10(13(16)17)14-12(15)9(2)11-7-5-8-18-11/h5,7-10H,3-4,6H2,1-2H3,(H,14,15)(H,16,17)/t9?,10-/m0/s1. The molecule has 0 fully saturated rings. The van der Waals surface area contributed by atoms with Crippen molar-refractivity contribution in [3.05, 3.63) is 22.4 Å². The summed E-state index contributed by atoms with van der Waals surface area (Å²) in [5.41, 5.74) is 0. The minimum absolute atomic E-state index is 0.221. The van der Waals surface area contributed by atoms with E-state index in [2.05, 4.69) is 5.32 Å². The fraction of sp³-hybridized carbons (Fsp3) is 0.538. The molecule has 1 aromatic rings. The van der Waals surface area contributed by atoms with Gasteiger partial charge in [-0.05, 0) is 24.8 Å². The molecule has 1 unspecified atom stereocenters. The highest BCUT2D eigenvalue weighted by molar-refractivity contribution is 7.10. The number of amides is 1. The van der Waals surface area contributed by atoms with Crippen molar-refractivity contribution >= 4 is 23.2 Å². The molecule has 0 radical (unpaired) electrons. The van der Waals surface area contributed by atoms with Crippen LogP contribution in [0.5, 0.6) is 0 Å². The second-order valence-electron chi connectivity index (χ2n) is 4.28. The van der Waals surface area contributed by atoms with Crippen LogP contribution >= 0.6 is 11.3 Å². The van der Waals surface area contributed by atoms with E-state index in [0.29, 0.717) is 6.42 Å². The van der Waals surface area contributed by atoms with Gasteiger partial charge in [-0.15, -0.1) is 11.3 Å². The van der Waals surface area contributed by atoms with E-state index in [1.54, 1.807) is 6.92 Å². The molecule has 2 atom stereocenters. The topological polar surface area (TPSA) is 66.4 Å². The van der Waals surface area contributed by atoms with E-state index in [-0.39, 0.29) is 11.8 Å². The summed E-state index contributed by atoms with van der Waals surface area (Å²) in [6.07, 6.45) is 2.19. The van der Waals surface area contributed by atoms with E-state index in [1.807, 2.05) is 24.4 Å². The van der Waals surface area contributed by atoms with Crippen molar-refractivity contribution in [3.8, 4) is 0 Å². The Balaban J connectivity index is 2.58. The van der Waals surface area contributed by atoms with E-state index in [1.165, 1.54) is 11.3 Å². The Bertz CT molecular complexity index is 389. The molecule has 0 aliphatic carbocycles. The molecule has 18 heavy (non-hydrogen) atoms. The second-order valence-corrected chi connectivity index (χ2v) is 5.26. The van der Waals surface area contributed by atoms with Gasteiger partial charge >= 0.3 is 5.97 Å². The third-order valence-electron chi connectivity index (χ3n) is 2.82. The summed E-state index contributed by atoms with van der Waals surface area (Å²) in [5.74, 6) is -1.48. The number of nitrogens with one attached hydrogen (secondary N) is 1. The zero-order chi connectivity index (χ0) is 13.5. The first-order valence-corrected chi connectivity index (χ1v) is 7.00. The molecule has 0 spiro atoms. The first-order valence-electron chi connectivity index (χ1n) is 6.12. The zero-order valence-corrected chi connectivity index (χ0v) is 11.5. The molecule has 1 rings (SSSR count). The van der Waals surface area contributed by atoms with Gasteiger partial charge in [0.05, 0.1) is 5.92 Å². The Hall–Kier alpha value is -1.36. The zero-order valence-electron chi connectivity index (χ0n) is 10.7. The first kappa shape index (κ1) is 14.7. The van der Waals surface area contributed by atoms with Crippen molar-refractivity contribution in [3.63, 3.8) is 0 Å². The van der Waals surface area contributed by atoms with Crippen LogP contribution in [0.4, 0.5) is 0 Å². The third-order valence-corrected chi connectivity index (χ3v) is 3.88. The molecular weight excluding hydrogens is 250 g/mol. The molecule has 1 heterocycles. The number of hydrogen-bond acceptors (Lipinski definition) is 3. The van der Waals surface area contributed by atoms with Crippen molar-refractivity contribution in [1.29, 1.82) is 0 Å². The maximum Gasteiger partial charge on any atom is 0.326 e. The monoisotopic (exact) mass is 269 g/mol. The van der Waals surface area contributed by atoms with E-state index in [9.17, 15) is 9.59 Å². The number of rotatable bonds is 7. The molecule has 4 nitrogen and oxygen atoms in total. The summed E-state index contributed by atoms with van der Waals surface area (Å²) in [6.45, 7) is 3.79. The van der Waals surface area contributed by atoms with Gasteiger partial charge in [-0.3, -0.25) is 4.79 Å². The van der Waals surface area contributed by atoms with Crippen LogP contribution < -0.4 is 5.32 Å². The smallest absolute Gasteiger partial charge is 0.326 e. The Kier molecular flexibility index (Phi) is 5.85. The summed E-state index contributed by atoms with van der Waals surface area (Å²) in [4.78, 5) is 23.9. The lowest BCUT2D eigenvalue weighted by Gasteiger charge is -2.17. The molecule has 2 N–H and O–H groups in total. The maximum atomic E-state index is 12.0. The summed E-state index contributed by atoms with van der Waals surface area (Å²) >= 11 is 1.50. The van der Waals surface area contributed by atoms with E-state index in [4.69, 9.17) is 5.11 Å². The lowest BCUT2D eigenvalue weighted by atomic mass is 10.1. The van der Waals surface area contributed by atoms with Crippen LogP contribution in [-0.2, 0) is 9.59 Å². The largest absolute Gasteiger partial charge is 0.480 e. The van der Waals surface area contributed by atoms with Crippen LogP contribution in [0.1, 0.15) is 43.9 Å². The Morgan fingerprint density at radius 1 is 1.50 bits per heavy atom. The van der Waals surface area contributed by atoms with Gasteiger partial charge in [0.1, 0.15) is 6.04 Å². The molecule has 0 aliphatic heterocycles. The van der Waals surface area contributed by atoms with Gasteiger partial charge in [0.15, 0.2) is 0 Å². The van der Waals surface area contributed by atoms with Gasteiger partial charge < -0.3 is 10.4 Å². The Morgan fingerprint density at radius 2 is 2.22 bits per heavy atom. The summed E-state index contributed by atoms with van der Waals surface area (Å²) in [5, 5.41) is 13.6. The molecule has 0 saturated carbocycles. The average Bonchev–Trinajstić information content (AvgIpc) is 2.86. The number of carboxylic acids is 1. The maximum absolute atomic E-state index is 12.0. The molecule has 1 amide bonds. The molecule has 100 valence electrons. The van der Waals surface area contributed by atoms with E-state index >= 15 is 0 Å². The quantitative estimate of drug-likeness (QED) is 0.799. The summed E-state index contributed by atoms with van der Waals surface area (Å²) in [6, 6.07) is 2.99. The van der Waals surface area contributed by atoms with Crippen LogP contribution in [0.25, 0.3) is 0 Å². The van der Waals surface area contributed by atoms with Crippen molar-refractivity contribution in [2.45, 2.75) is 45.1 Å². The van der Waals surface area contributed by atoms with Crippen molar-refractivity contribution in [2.24, 2.45) is 0 Å². The van der Waals surface area contributed by atoms with Crippen LogP contribution in [0.2, 0.25) is 0 Å². The number of unbranched alkanes of at least 4 members (excludes halogenated alkanes) is 1. The van der Waals surface area contributed by atoms with Gasteiger partial charge in [0, 0.05) is 4.88 Å². The molecule has 0 saturated heterocycles. The van der Waals surface area contributed by atoms with E-state index < -0.39 is 12.0 Å². The minimum Gasteiger partial charge on any atom is -0.480 e. The summed E-state index contributed by atoms with van der Waals surface area (Å²) < 4.78 is 0. The van der Waals surface area contributed by atoms with Gasteiger partial charge in [-0.2, -0.15) is 0 Å². The van der Waals surface area contributed by atoms with Crippen molar-refractivity contribution in [1.82, 2.24) is 5.32 Å². The lowest BCUT2D eigenvalue weighted by molar-refractivity contribution is -0.142. The fourth-order valence-corrected chi connectivity index (χ4v) is 2.41. The molecular formula is C13H19NO3S. The highest BCUT2D eigenvalue weighted by Crippen LogP contribution is 2.21. The number of thiophene rings is 1. The fourth-order valence-electron chi connectivity index (χ4n) is 1.63. The second kappa shape index (κ2) is 7.16. The number of carbonyl (C=O) groups excluding carboxylic acids is 1. The Morgan fingerprint density at radius 3 is 2.72 bits per heavy atom. The number of carboxylic acid groups (broad SMARTS) is 1. The van der Waals surface area contributed by atoms with Crippen LogP contribution in [0.3, 0.4) is 0 Å². The van der Waals surface area contributed by atoms with Gasteiger partial charge in [-0.1, -0.05) is 25.8 Å². The highest BCUT2D eigenvalue weighted by atomic mass is 32.1. The highest BCUT2D eigenvalue weighted by Gasteiger charge is 2.23. The average molecular weight is 269 g/mol. The van der Waals surface area contributed by atoms with Crippen LogP contribution in [-0.4, -0.2) is 23.0 Å². The third kappa shape index (κ3) is 4.14. The normalized spacial score (nSPS) is 13.9. The molecule has 0 bridgehead atoms. The van der Waals surface area contributed by atoms with Crippen molar-refractivity contribution < 1.29 is 14.7 Å². The van der Waals surface area contributed by atoms with Gasteiger partial charge in [-0.25, -0.2) is 4.79 Å². The SMILES string of the molecule is CCCC[C@H](NC(=O)C(C)c1cccs1)C(=O)O. The predicted molar refractivity (Wildman–Crippen MR) is 71.8 cm³/mol. The lowest BCUT2D eigenvalue weighted by Crippen LogP contribution is -2.42. The Labute approximate surface area is 111 Å². The molecule has 0 aliphatic rings. The predicted octanol–water partition coefficient (Wildman–Crippen LogP) is 2.61.